The van der Waals surface area contributed by atoms with Gasteiger partial charge in [-0.05, 0) is 37.3 Å². The van der Waals surface area contributed by atoms with Crippen LogP contribution in [0.25, 0.3) is 0 Å². The van der Waals surface area contributed by atoms with Crippen molar-refractivity contribution in [2.24, 2.45) is 0 Å². The van der Waals surface area contributed by atoms with Crippen molar-refractivity contribution in [3.8, 4) is 0 Å². The van der Waals surface area contributed by atoms with Crippen LogP contribution in [0.3, 0.4) is 0 Å². The number of nitrogens with zero attached hydrogens (tertiary/aromatic N) is 4. The van der Waals surface area contributed by atoms with Crippen LogP contribution >= 0.6 is 0 Å². The van der Waals surface area contributed by atoms with Gasteiger partial charge in [-0.25, -0.2) is 4.79 Å². The molecule has 1 aliphatic heterocycles. The maximum atomic E-state index is 13.1. The zero-order valence-corrected chi connectivity index (χ0v) is 19.3. The lowest BCUT2D eigenvalue weighted by Crippen LogP contribution is -2.34. The second-order valence-electron chi connectivity index (χ2n) is 8.17. The highest BCUT2D eigenvalue weighted by molar-refractivity contribution is 5.98. The molecule has 0 bridgehead atoms. The van der Waals surface area contributed by atoms with Gasteiger partial charge in [0.05, 0.1) is 12.7 Å². The first-order valence-electron chi connectivity index (χ1n) is 11.2. The molecule has 4 rings (SSSR count). The molecule has 34 heavy (non-hydrogen) atoms. The number of nitrogens with one attached hydrogen (secondary N) is 1. The van der Waals surface area contributed by atoms with Gasteiger partial charge in [0.25, 0.3) is 11.8 Å². The van der Waals surface area contributed by atoms with E-state index in [1.54, 1.807) is 41.3 Å². The Morgan fingerprint density at radius 3 is 2.50 bits per heavy atom. The summed E-state index contributed by atoms with van der Waals surface area (Å²) in [5.74, 6) is 0.855. The van der Waals surface area contributed by atoms with Crippen LogP contribution in [0.15, 0.2) is 48.5 Å². The van der Waals surface area contributed by atoms with Gasteiger partial charge in [0.1, 0.15) is 11.6 Å². The average Bonchev–Trinajstić information content (AvgIpc) is 3.12. The number of ether oxygens (including phenoxy) is 1. The summed E-state index contributed by atoms with van der Waals surface area (Å²) in [5.41, 5.74) is 2.51. The van der Waals surface area contributed by atoms with Gasteiger partial charge in [-0.1, -0.05) is 23.8 Å². The summed E-state index contributed by atoms with van der Waals surface area (Å²) in [6.07, 6.45) is 1.12. The quantitative estimate of drug-likeness (QED) is 0.563. The Balaban J connectivity index is 1.36. The van der Waals surface area contributed by atoms with E-state index in [4.69, 9.17) is 4.74 Å². The summed E-state index contributed by atoms with van der Waals surface area (Å²) in [6.45, 7) is 3.98. The molecule has 9 heteroatoms. The number of fused-ring (bicyclic) bond motifs is 1. The molecule has 0 aliphatic carbocycles. The number of rotatable bonds is 6. The number of methoxy groups -OCH3 is 1. The number of carbonyl (C=O) groups is 3. The molecular formula is C25H27N5O4. The third-order valence-electron chi connectivity index (χ3n) is 5.87. The van der Waals surface area contributed by atoms with Crippen LogP contribution in [-0.2, 0) is 24.1 Å². The monoisotopic (exact) mass is 461 g/mol. The van der Waals surface area contributed by atoms with Crippen molar-refractivity contribution in [3.63, 3.8) is 0 Å². The van der Waals surface area contributed by atoms with Crippen molar-refractivity contribution in [2.45, 2.75) is 26.3 Å². The summed E-state index contributed by atoms with van der Waals surface area (Å²) in [7, 11) is 1.31. The van der Waals surface area contributed by atoms with Crippen LogP contribution in [-0.4, -0.2) is 64.2 Å². The van der Waals surface area contributed by atoms with E-state index >= 15 is 0 Å². The molecule has 0 atom stereocenters. The van der Waals surface area contributed by atoms with E-state index < -0.39 is 5.97 Å². The molecule has 3 aromatic rings. The lowest BCUT2D eigenvalue weighted by Gasteiger charge is -2.20. The number of hydrogen-bond acceptors (Lipinski definition) is 6. The summed E-state index contributed by atoms with van der Waals surface area (Å²) in [5, 5.41) is 11.5. The molecule has 0 saturated heterocycles. The first kappa shape index (κ1) is 23.2. The Morgan fingerprint density at radius 2 is 1.74 bits per heavy atom. The Hall–Kier alpha value is -4.01. The van der Waals surface area contributed by atoms with E-state index in [1.165, 1.54) is 7.11 Å². The highest BCUT2D eigenvalue weighted by Gasteiger charge is 2.23. The molecule has 2 amide bonds. The van der Waals surface area contributed by atoms with E-state index in [1.807, 2.05) is 23.6 Å². The minimum atomic E-state index is -0.476. The molecule has 176 valence electrons. The Morgan fingerprint density at radius 1 is 0.971 bits per heavy atom. The number of benzene rings is 2. The second-order valence-corrected chi connectivity index (χ2v) is 8.17. The topological polar surface area (TPSA) is 106 Å². The first-order chi connectivity index (χ1) is 16.5. The Bertz CT molecular complexity index is 1200. The summed E-state index contributed by atoms with van der Waals surface area (Å²) in [4.78, 5) is 39.0. The van der Waals surface area contributed by atoms with Gasteiger partial charge >= 0.3 is 5.97 Å². The van der Waals surface area contributed by atoms with Gasteiger partial charge in [0.2, 0.25) is 0 Å². The molecule has 0 fully saturated rings. The number of hydrogen-bond donors (Lipinski definition) is 1. The van der Waals surface area contributed by atoms with Gasteiger partial charge in [-0.15, -0.1) is 10.2 Å². The molecule has 0 radical (unpaired) electrons. The van der Waals surface area contributed by atoms with Crippen LogP contribution in [0.5, 0.6) is 0 Å². The zero-order chi connectivity index (χ0) is 24.1. The van der Waals surface area contributed by atoms with E-state index in [0.29, 0.717) is 55.7 Å². The lowest BCUT2D eigenvalue weighted by molar-refractivity contribution is 0.0600. The van der Waals surface area contributed by atoms with Crippen LogP contribution in [0.2, 0.25) is 0 Å². The van der Waals surface area contributed by atoms with Gasteiger partial charge in [0, 0.05) is 50.1 Å². The molecule has 1 aliphatic rings. The molecule has 0 unspecified atom stereocenters. The van der Waals surface area contributed by atoms with E-state index in [0.717, 1.165) is 17.2 Å². The molecule has 0 saturated carbocycles. The van der Waals surface area contributed by atoms with Crippen LogP contribution in [0, 0.1) is 6.92 Å². The largest absolute Gasteiger partial charge is 0.465 e. The maximum absolute atomic E-state index is 13.1. The first-order valence-corrected chi connectivity index (χ1v) is 11.2. The van der Waals surface area contributed by atoms with E-state index in [-0.39, 0.29) is 11.8 Å². The number of aromatic nitrogens is 3. The molecule has 2 aromatic carbocycles. The molecular weight excluding hydrogens is 434 g/mol. The summed E-state index contributed by atoms with van der Waals surface area (Å²) in [6, 6.07) is 14.0. The minimum absolute atomic E-state index is 0.124. The maximum Gasteiger partial charge on any atom is 0.337 e. The molecule has 0 spiro atoms. The number of aryl methyl sites for hydroxylation is 1. The summed E-state index contributed by atoms with van der Waals surface area (Å²) >= 11 is 0. The molecule has 1 aromatic heterocycles. The third-order valence-corrected chi connectivity index (χ3v) is 5.87. The Labute approximate surface area is 197 Å². The average molecular weight is 462 g/mol. The fraction of sp³-hybridized carbons (Fsp3) is 0.320. The van der Waals surface area contributed by atoms with Gasteiger partial charge in [-0.3, -0.25) is 9.59 Å². The fourth-order valence-electron chi connectivity index (χ4n) is 3.95. The van der Waals surface area contributed by atoms with Crippen LogP contribution < -0.4 is 5.32 Å². The summed E-state index contributed by atoms with van der Waals surface area (Å²) < 4.78 is 6.77. The number of carbonyl (C=O) groups excluding carboxylic acids is 3. The van der Waals surface area contributed by atoms with Crippen molar-refractivity contribution in [1.82, 2.24) is 25.0 Å². The van der Waals surface area contributed by atoms with Crippen molar-refractivity contribution < 1.29 is 19.1 Å². The smallest absolute Gasteiger partial charge is 0.337 e. The third kappa shape index (κ3) is 5.14. The van der Waals surface area contributed by atoms with E-state index in [9.17, 15) is 14.4 Å². The highest BCUT2D eigenvalue weighted by atomic mass is 16.5. The Kier molecular flexibility index (Phi) is 7.01. The lowest BCUT2D eigenvalue weighted by atomic mass is 10.1. The zero-order valence-electron chi connectivity index (χ0n) is 19.3. The molecule has 1 N–H and O–H groups in total. The number of amides is 2. The van der Waals surface area contributed by atoms with Crippen molar-refractivity contribution >= 4 is 17.8 Å². The number of esters is 1. The minimum Gasteiger partial charge on any atom is -0.465 e. The standard InChI is InChI=1S/C25H27N5O4/c1-17-6-8-18(9-7-17)23(31)26-12-10-21-27-28-22-11-13-29(14-15-30(21)22)24(32)19-4-3-5-20(16-19)25(33)34-2/h3-9,16H,10-15H2,1-2H3,(H,26,31). The normalized spacial score (nSPS) is 13.1. The van der Waals surface area contributed by atoms with Gasteiger partial charge < -0.3 is 19.5 Å². The fourth-order valence-corrected chi connectivity index (χ4v) is 3.95. The predicted octanol–water partition coefficient (Wildman–Crippen LogP) is 2.04. The highest BCUT2D eigenvalue weighted by Crippen LogP contribution is 2.15. The van der Waals surface area contributed by atoms with Crippen molar-refractivity contribution in [3.05, 3.63) is 82.4 Å². The van der Waals surface area contributed by atoms with E-state index in [2.05, 4.69) is 15.5 Å². The van der Waals surface area contributed by atoms with Crippen LogP contribution in [0.1, 0.15) is 48.3 Å². The molecule has 2 heterocycles. The SMILES string of the molecule is COC(=O)c1cccc(C(=O)N2CCc3nnc(CCNC(=O)c4ccc(C)cc4)n3CC2)c1. The van der Waals surface area contributed by atoms with Gasteiger partial charge in [0.15, 0.2) is 0 Å². The van der Waals surface area contributed by atoms with Gasteiger partial charge in [-0.2, -0.15) is 0 Å². The predicted molar refractivity (Wildman–Crippen MR) is 125 cm³/mol. The second kappa shape index (κ2) is 10.3. The van der Waals surface area contributed by atoms with Crippen molar-refractivity contribution in [2.75, 3.05) is 26.7 Å². The van der Waals surface area contributed by atoms with Crippen LogP contribution in [0.4, 0.5) is 0 Å². The van der Waals surface area contributed by atoms with Crippen molar-refractivity contribution in [1.29, 1.82) is 0 Å². The molecule has 9 nitrogen and oxygen atoms in total.